The fraction of sp³-hybridized carbons (Fsp3) is 0.455. The highest BCUT2D eigenvalue weighted by molar-refractivity contribution is 7.12. The number of rotatable bonds is 4. The first kappa shape index (κ1) is 11.9. The zero-order valence-electron chi connectivity index (χ0n) is 9.28. The van der Waals surface area contributed by atoms with E-state index in [1.165, 1.54) is 11.3 Å². The van der Waals surface area contributed by atoms with Crippen LogP contribution in [0.4, 0.5) is 0 Å². The number of hydrogen-bond donors (Lipinski definition) is 1. The van der Waals surface area contributed by atoms with Crippen LogP contribution >= 0.6 is 11.3 Å². The predicted octanol–water partition coefficient (Wildman–Crippen LogP) is 2.90. The fourth-order valence-corrected chi connectivity index (χ4v) is 1.86. The van der Waals surface area contributed by atoms with E-state index >= 15 is 0 Å². The second kappa shape index (κ2) is 5.66. The topological polar surface area (TPSA) is 41.5 Å². The van der Waals surface area contributed by atoms with Crippen LogP contribution in [0.5, 0.6) is 0 Å². The average Bonchev–Trinajstić information content (AvgIpc) is 2.65. The SMILES string of the molecule is C/C(CC(C)C)=N/NC(=O)c1cccs1. The van der Waals surface area contributed by atoms with Crippen LogP contribution in [0.1, 0.15) is 36.9 Å². The van der Waals surface area contributed by atoms with E-state index in [4.69, 9.17) is 0 Å². The normalized spacial score (nSPS) is 11.9. The van der Waals surface area contributed by atoms with Gasteiger partial charge in [0.25, 0.3) is 5.91 Å². The van der Waals surface area contributed by atoms with Crippen LogP contribution in [0.15, 0.2) is 22.6 Å². The van der Waals surface area contributed by atoms with Crippen LogP contribution in [0, 0.1) is 5.92 Å². The van der Waals surface area contributed by atoms with Gasteiger partial charge in [-0.3, -0.25) is 4.79 Å². The van der Waals surface area contributed by atoms with Gasteiger partial charge in [-0.2, -0.15) is 5.10 Å². The van der Waals surface area contributed by atoms with Crippen molar-refractivity contribution in [1.29, 1.82) is 0 Å². The van der Waals surface area contributed by atoms with Crippen molar-refractivity contribution < 1.29 is 4.79 Å². The van der Waals surface area contributed by atoms with Gasteiger partial charge in [0.1, 0.15) is 0 Å². The van der Waals surface area contributed by atoms with Crippen molar-refractivity contribution in [1.82, 2.24) is 5.43 Å². The lowest BCUT2D eigenvalue weighted by Crippen LogP contribution is -2.18. The molecular weight excluding hydrogens is 208 g/mol. The van der Waals surface area contributed by atoms with Gasteiger partial charge >= 0.3 is 0 Å². The number of nitrogens with one attached hydrogen (secondary N) is 1. The standard InChI is InChI=1S/C11H16N2OS/c1-8(2)7-9(3)12-13-11(14)10-5-4-6-15-10/h4-6,8H,7H2,1-3H3,(H,13,14)/b12-9-. The van der Waals surface area contributed by atoms with E-state index in [0.29, 0.717) is 10.8 Å². The minimum atomic E-state index is -0.131. The largest absolute Gasteiger partial charge is 0.281 e. The molecule has 0 aliphatic carbocycles. The number of hydrogen-bond acceptors (Lipinski definition) is 3. The molecule has 0 saturated carbocycles. The van der Waals surface area contributed by atoms with Crippen molar-refractivity contribution >= 4 is 23.0 Å². The fourth-order valence-electron chi connectivity index (χ4n) is 1.25. The lowest BCUT2D eigenvalue weighted by atomic mass is 10.1. The minimum Gasteiger partial charge on any atom is -0.266 e. The molecular formula is C11H16N2OS. The molecule has 0 aliphatic heterocycles. The summed E-state index contributed by atoms with van der Waals surface area (Å²) < 4.78 is 0. The van der Waals surface area contributed by atoms with Gasteiger partial charge in [-0.1, -0.05) is 19.9 Å². The lowest BCUT2D eigenvalue weighted by molar-refractivity contribution is 0.0958. The van der Waals surface area contributed by atoms with Crippen LogP contribution in [0.2, 0.25) is 0 Å². The molecule has 0 saturated heterocycles. The molecule has 4 heteroatoms. The molecule has 0 bridgehead atoms. The molecule has 1 aromatic heterocycles. The molecule has 0 radical (unpaired) electrons. The number of carbonyl (C=O) groups is 1. The summed E-state index contributed by atoms with van der Waals surface area (Å²) in [5.74, 6) is 0.431. The van der Waals surface area contributed by atoms with Crippen LogP contribution in [-0.4, -0.2) is 11.6 Å². The van der Waals surface area contributed by atoms with Crippen molar-refractivity contribution in [3.63, 3.8) is 0 Å². The van der Waals surface area contributed by atoms with Crippen molar-refractivity contribution in [2.75, 3.05) is 0 Å². The van der Waals surface area contributed by atoms with E-state index in [-0.39, 0.29) is 5.91 Å². The Morgan fingerprint density at radius 1 is 1.60 bits per heavy atom. The van der Waals surface area contributed by atoms with E-state index in [2.05, 4.69) is 24.4 Å². The first-order valence-electron chi connectivity index (χ1n) is 4.96. The second-order valence-corrected chi connectivity index (χ2v) is 4.81. The molecule has 0 aromatic carbocycles. The predicted molar refractivity (Wildman–Crippen MR) is 64.3 cm³/mol. The highest BCUT2D eigenvalue weighted by atomic mass is 32.1. The molecule has 0 unspecified atom stereocenters. The first-order chi connectivity index (χ1) is 7.09. The summed E-state index contributed by atoms with van der Waals surface area (Å²) in [6, 6.07) is 3.64. The van der Waals surface area contributed by atoms with Gasteiger partial charge in [-0.25, -0.2) is 5.43 Å². The van der Waals surface area contributed by atoms with Gasteiger partial charge in [-0.05, 0) is 30.7 Å². The van der Waals surface area contributed by atoms with Gasteiger partial charge in [0, 0.05) is 5.71 Å². The second-order valence-electron chi connectivity index (χ2n) is 3.86. The molecule has 0 fully saturated rings. The Morgan fingerprint density at radius 2 is 2.33 bits per heavy atom. The van der Waals surface area contributed by atoms with Crippen LogP contribution in [0.25, 0.3) is 0 Å². The molecule has 0 aliphatic rings. The first-order valence-corrected chi connectivity index (χ1v) is 5.84. The maximum absolute atomic E-state index is 11.5. The van der Waals surface area contributed by atoms with Gasteiger partial charge in [0.05, 0.1) is 4.88 Å². The molecule has 15 heavy (non-hydrogen) atoms. The van der Waals surface area contributed by atoms with Crippen LogP contribution in [-0.2, 0) is 0 Å². The summed E-state index contributed by atoms with van der Waals surface area (Å²) in [5.41, 5.74) is 3.50. The van der Waals surface area contributed by atoms with Crippen molar-refractivity contribution in [2.24, 2.45) is 11.0 Å². The maximum atomic E-state index is 11.5. The molecule has 1 rings (SSSR count). The summed E-state index contributed by atoms with van der Waals surface area (Å²) in [6.45, 7) is 6.18. The highest BCUT2D eigenvalue weighted by Gasteiger charge is 2.04. The van der Waals surface area contributed by atoms with Gasteiger partial charge in [0.15, 0.2) is 0 Å². The zero-order valence-corrected chi connectivity index (χ0v) is 10.1. The maximum Gasteiger partial charge on any atom is 0.281 e. The van der Waals surface area contributed by atoms with Crippen LogP contribution in [0.3, 0.4) is 0 Å². The molecule has 1 aromatic rings. The van der Waals surface area contributed by atoms with E-state index < -0.39 is 0 Å². The minimum absolute atomic E-state index is 0.131. The summed E-state index contributed by atoms with van der Waals surface area (Å²) in [4.78, 5) is 12.2. The summed E-state index contributed by atoms with van der Waals surface area (Å²) >= 11 is 1.42. The number of thiophene rings is 1. The van der Waals surface area contributed by atoms with Crippen LogP contribution < -0.4 is 5.43 Å². The van der Waals surface area contributed by atoms with E-state index in [1.807, 2.05) is 18.4 Å². The van der Waals surface area contributed by atoms with E-state index in [9.17, 15) is 4.79 Å². The lowest BCUT2D eigenvalue weighted by Gasteiger charge is -2.03. The third kappa shape index (κ3) is 4.25. The smallest absolute Gasteiger partial charge is 0.266 e. The Bertz CT molecular complexity index is 341. The Labute approximate surface area is 94.2 Å². The van der Waals surface area contributed by atoms with E-state index in [1.54, 1.807) is 6.07 Å². The Kier molecular flexibility index (Phi) is 4.49. The highest BCUT2D eigenvalue weighted by Crippen LogP contribution is 2.07. The van der Waals surface area contributed by atoms with Crippen molar-refractivity contribution in [3.8, 4) is 0 Å². The molecule has 0 atom stereocenters. The number of amides is 1. The third-order valence-electron chi connectivity index (χ3n) is 1.80. The summed E-state index contributed by atoms with van der Waals surface area (Å²) in [6.07, 6.45) is 0.907. The monoisotopic (exact) mass is 224 g/mol. The van der Waals surface area contributed by atoms with Crippen molar-refractivity contribution in [3.05, 3.63) is 22.4 Å². The average molecular weight is 224 g/mol. The van der Waals surface area contributed by atoms with Gasteiger partial charge < -0.3 is 0 Å². The molecule has 3 nitrogen and oxygen atoms in total. The molecule has 0 spiro atoms. The van der Waals surface area contributed by atoms with Crippen molar-refractivity contribution in [2.45, 2.75) is 27.2 Å². The quantitative estimate of drug-likeness (QED) is 0.620. The number of nitrogens with zero attached hydrogens (tertiary/aromatic N) is 1. The third-order valence-corrected chi connectivity index (χ3v) is 2.67. The molecule has 1 heterocycles. The van der Waals surface area contributed by atoms with Gasteiger partial charge in [0.2, 0.25) is 0 Å². The number of carbonyl (C=O) groups excluding carboxylic acids is 1. The number of hydrazone groups is 1. The summed E-state index contributed by atoms with van der Waals surface area (Å²) in [5, 5.41) is 5.92. The summed E-state index contributed by atoms with van der Waals surface area (Å²) in [7, 11) is 0. The Balaban J connectivity index is 2.46. The molecule has 1 amide bonds. The molecule has 1 N–H and O–H groups in total. The zero-order chi connectivity index (χ0) is 11.3. The van der Waals surface area contributed by atoms with E-state index in [0.717, 1.165) is 12.1 Å². The Morgan fingerprint density at radius 3 is 2.87 bits per heavy atom. The Hall–Kier alpha value is -1.16. The molecule has 82 valence electrons. The van der Waals surface area contributed by atoms with Gasteiger partial charge in [-0.15, -0.1) is 11.3 Å².